The molecule has 92 valence electrons. The fourth-order valence-electron chi connectivity index (χ4n) is 1.75. The molecule has 0 saturated carbocycles. The van der Waals surface area contributed by atoms with E-state index in [4.69, 9.17) is 17.3 Å². The molecule has 0 spiro atoms. The third-order valence-corrected chi connectivity index (χ3v) is 4.71. The number of hydrogen-bond donors (Lipinski definition) is 1. The van der Waals surface area contributed by atoms with Crippen molar-refractivity contribution in [2.24, 2.45) is 12.8 Å². The van der Waals surface area contributed by atoms with Gasteiger partial charge < -0.3 is 10.3 Å². The Kier molecular flexibility index (Phi) is 3.86. The molecule has 3 nitrogen and oxygen atoms in total. The molecule has 0 aromatic carbocycles. The molecule has 0 fully saturated rings. The summed E-state index contributed by atoms with van der Waals surface area (Å²) in [6.45, 7) is 2.01. The lowest BCUT2D eigenvalue weighted by molar-refractivity contribution is 0.628. The van der Waals surface area contributed by atoms with Crippen LogP contribution in [-0.4, -0.2) is 9.55 Å². The topological polar surface area (TPSA) is 43.8 Å². The Bertz CT molecular complexity index is 504. The standard InChI is InChI=1S/C12H16ClN3S/c1-8-7-17-12(11(8)13)9(14)3-4-10-15-5-6-16(10)2/h5-7,9H,3-4,14H2,1-2H3. The summed E-state index contributed by atoms with van der Waals surface area (Å²) in [6, 6.07) is -0.00194. The van der Waals surface area contributed by atoms with E-state index in [0.29, 0.717) is 0 Å². The highest BCUT2D eigenvalue weighted by Gasteiger charge is 2.14. The van der Waals surface area contributed by atoms with Gasteiger partial charge in [0.25, 0.3) is 0 Å². The number of aryl methyl sites for hydroxylation is 3. The highest BCUT2D eigenvalue weighted by Crippen LogP contribution is 2.33. The molecule has 0 aliphatic carbocycles. The van der Waals surface area contributed by atoms with Gasteiger partial charge in [-0.3, -0.25) is 0 Å². The normalized spacial score (nSPS) is 12.9. The number of nitrogens with zero attached hydrogens (tertiary/aromatic N) is 2. The van der Waals surface area contributed by atoms with Crippen molar-refractivity contribution in [2.45, 2.75) is 25.8 Å². The Balaban J connectivity index is 2.00. The minimum atomic E-state index is -0.00194. The average molecular weight is 270 g/mol. The lowest BCUT2D eigenvalue weighted by Gasteiger charge is -2.10. The molecule has 1 atom stereocenters. The van der Waals surface area contributed by atoms with Gasteiger partial charge in [-0.05, 0) is 24.3 Å². The summed E-state index contributed by atoms with van der Waals surface area (Å²) < 4.78 is 2.02. The van der Waals surface area contributed by atoms with Crippen molar-refractivity contribution in [1.82, 2.24) is 9.55 Å². The summed E-state index contributed by atoms with van der Waals surface area (Å²) in [6.07, 6.45) is 5.49. The predicted molar refractivity (Wildman–Crippen MR) is 72.5 cm³/mol. The zero-order valence-electron chi connectivity index (χ0n) is 9.98. The van der Waals surface area contributed by atoms with Crippen molar-refractivity contribution in [1.29, 1.82) is 0 Å². The van der Waals surface area contributed by atoms with Crippen molar-refractivity contribution in [3.05, 3.63) is 39.1 Å². The van der Waals surface area contributed by atoms with Crippen LogP contribution < -0.4 is 5.73 Å². The maximum atomic E-state index is 6.21. The van der Waals surface area contributed by atoms with Gasteiger partial charge in [0.15, 0.2) is 0 Å². The number of rotatable bonds is 4. The van der Waals surface area contributed by atoms with Gasteiger partial charge in [0.1, 0.15) is 5.82 Å². The number of nitrogens with two attached hydrogens (primary N) is 1. The van der Waals surface area contributed by atoms with E-state index < -0.39 is 0 Å². The van der Waals surface area contributed by atoms with Crippen LogP contribution in [0.3, 0.4) is 0 Å². The van der Waals surface area contributed by atoms with E-state index in [0.717, 1.165) is 34.1 Å². The second-order valence-electron chi connectivity index (χ2n) is 4.20. The van der Waals surface area contributed by atoms with Gasteiger partial charge in [0.05, 0.1) is 5.02 Å². The smallest absolute Gasteiger partial charge is 0.108 e. The third kappa shape index (κ3) is 2.70. The molecule has 2 rings (SSSR count). The molecule has 2 aromatic rings. The zero-order valence-corrected chi connectivity index (χ0v) is 11.6. The van der Waals surface area contributed by atoms with Crippen molar-refractivity contribution >= 4 is 22.9 Å². The van der Waals surface area contributed by atoms with Gasteiger partial charge in [-0.25, -0.2) is 4.98 Å². The van der Waals surface area contributed by atoms with Crippen LogP contribution in [0, 0.1) is 6.92 Å². The second kappa shape index (κ2) is 5.21. The number of halogens is 1. The molecule has 2 heterocycles. The lowest BCUT2D eigenvalue weighted by atomic mass is 10.1. The first-order valence-corrected chi connectivity index (χ1v) is 6.80. The molecular formula is C12H16ClN3S. The van der Waals surface area contributed by atoms with E-state index in [2.05, 4.69) is 10.4 Å². The van der Waals surface area contributed by atoms with Gasteiger partial charge in [-0.1, -0.05) is 11.6 Å². The van der Waals surface area contributed by atoms with E-state index >= 15 is 0 Å². The summed E-state index contributed by atoms with van der Waals surface area (Å²) in [7, 11) is 2.00. The fraction of sp³-hybridized carbons (Fsp3) is 0.417. The average Bonchev–Trinajstić information content (AvgIpc) is 2.84. The Hall–Kier alpha value is -0.840. The predicted octanol–water partition coefficient (Wildman–Crippen LogP) is 3.08. The SMILES string of the molecule is Cc1csc(C(N)CCc2nccn2C)c1Cl. The molecule has 0 bridgehead atoms. The van der Waals surface area contributed by atoms with E-state index in [-0.39, 0.29) is 6.04 Å². The van der Waals surface area contributed by atoms with Crippen molar-refractivity contribution in [3.63, 3.8) is 0 Å². The highest BCUT2D eigenvalue weighted by atomic mass is 35.5. The van der Waals surface area contributed by atoms with E-state index in [1.165, 1.54) is 0 Å². The summed E-state index contributed by atoms with van der Waals surface area (Å²) >= 11 is 7.85. The largest absolute Gasteiger partial charge is 0.338 e. The van der Waals surface area contributed by atoms with Crippen LogP contribution in [0.1, 0.15) is 28.7 Å². The summed E-state index contributed by atoms with van der Waals surface area (Å²) in [5, 5.41) is 2.88. The van der Waals surface area contributed by atoms with Crippen LogP contribution in [0.15, 0.2) is 17.8 Å². The molecule has 1 unspecified atom stereocenters. The summed E-state index contributed by atoms with van der Waals surface area (Å²) in [4.78, 5) is 5.37. The molecule has 5 heteroatoms. The van der Waals surface area contributed by atoms with Crippen LogP contribution in [0.4, 0.5) is 0 Å². The summed E-state index contributed by atoms with van der Waals surface area (Å²) in [5.74, 6) is 1.06. The molecule has 17 heavy (non-hydrogen) atoms. The monoisotopic (exact) mass is 269 g/mol. The molecule has 0 aliphatic rings. The number of imidazole rings is 1. The molecule has 0 aliphatic heterocycles. The minimum Gasteiger partial charge on any atom is -0.338 e. The molecule has 0 amide bonds. The molecule has 0 radical (unpaired) electrons. The number of thiophene rings is 1. The van der Waals surface area contributed by atoms with Gasteiger partial charge in [-0.15, -0.1) is 11.3 Å². The van der Waals surface area contributed by atoms with Gasteiger partial charge in [0.2, 0.25) is 0 Å². The van der Waals surface area contributed by atoms with Gasteiger partial charge in [0, 0.05) is 36.8 Å². The van der Waals surface area contributed by atoms with E-state index in [1.807, 2.05) is 30.9 Å². The maximum Gasteiger partial charge on any atom is 0.108 e. The summed E-state index contributed by atoms with van der Waals surface area (Å²) in [5.41, 5.74) is 7.28. The van der Waals surface area contributed by atoms with Crippen LogP contribution in [-0.2, 0) is 13.5 Å². The van der Waals surface area contributed by atoms with Crippen LogP contribution >= 0.6 is 22.9 Å². The van der Waals surface area contributed by atoms with Crippen molar-refractivity contribution < 1.29 is 0 Å². The lowest BCUT2D eigenvalue weighted by Crippen LogP contribution is -2.11. The quantitative estimate of drug-likeness (QED) is 0.927. The fourth-order valence-corrected chi connectivity index (χ4v) is 3.12. The minimum absolute atomic E-state index is 0.00194. The van der Waals surface area contributed by atoms with Crippen LogP contribution in [0.2, 0.25) is 5.02 Å². The molecule has 2 N–H and O–H groups in total. The Morgan fingerprint density at radius 2 is 2.35 bits per heavy atom. The van der Waals surface area contributed by atoms with Crippen LogP contribution in [0.25, 0.3) is 0 Å². The first kappa shape index (κ1) is 12.6. The number of aromatic nitrogens is 2. The van der Waals surface area contributed by atoms with Gasteiger partial charge in [-0.2, -0.15) is 0 Å². The Labute approximate surface area is 110 Å². The van der Waals surface area contributed by atoms with Gasteiger partial charge >= 0.3 is 0 Å². The van der Waals surface area contributed by atoms with Crippen molar-refractivity contribution in [3.8, 4) is 0 Å². The molecular weight excluding hydrogens is 254 g/mol. The van der Waals surface area contributed by atoms with Crippen molar-refractivity contribution in [2.75, 3.05) is 0 Å². The zero-order chi connectivity index (χ0) is 12.4. The Morgan fingerprint density at radius 3 is 2.88 bits per heavy atom. The van der Waals surface area contributed by atoms with E-state index in [1.54, 1.807) is 11.3 Å². The first-order chi connectivity index (χ1) is 8.09. The molecule has 2 aromatic heterocycles. The third-order valence-electron chi connectivity index (χ3n) is 2.86. The molecule has 0 saturated heterocycles. The second-order valence-corrected chi connectivity index (χ2v) is 5.49. The first-order valence-electron chi connectivity index (χ1n) is 5.55. The number of hydrogen-bond acceptors (Lipinski definition) is 3. The Morgan fingerprint density at radius 1 is 1.59 bits per heavy atom. The highest BCUT2D eigenvalue weighted by molar-refractivity contribution is 7.10. The maximum absolute atomic E-state index is 6.21. The van der Waals surface area contributed by atoms with Crippen LogP contribution in [0.5, 0.6) is 0 Å². The van der Waals surface area contributed by atoms with E-state index in [9.17, 15) is 0 Å².